The van der Waals surface area contributed by atoms with E-state index >= 15 is 0 Å². The van der Waals surface area contributed by atoms with Crippen molar-refractivity contribution in [1.82, 2.24) is 10.8 Å². The van der Waals surface area contributed by atoms with Crippen molar-refractivity contribution in [2.75, 3.05) is 5.75 Å². The lowest BCUT2D eigenvalue weighted by Crippen LogP contribution is -2.31. The highest BCUT2D eigenvalue weighted by Gasteiger charge is 2.32. The molecule has 1 aliphatic heterocycles. The summed E-state index contributed by atoms with van der Waals surface area (Å²) in [6, 6.07) is 30.5. The normalized spacial score (nSPS) is 17.3. The van der Waals surface area contributed by atoms with Gasteiger partial charge < -0.3 is 25.0 Å². The molecule has 1 aliphatic rings. The summed E-state index contributed by atoms with van der Waals surface area (Å²) in [5, 5.41) is 30.3. The second-order valence-corrected chi connectivity index (χ2v) is 12.9. The summed E-state index contributed by atoms with van der Waals surface area (Å²) < 4.78 is 13.1. The number of aromatic carboxylic acids is 1. The zero-order valence-corrected chi connectivity index (χ0v) is 27.7. The first-order valence-electron chi connectivity index (χ1n) is 16.2. The quantitative estimate of drug-likeness (QED) is 0.0405. The Hall–Kier alpha value is -4.52. The first-order valence-corrected chi connectivity index (χ1v) is 17.2. The van der Waals surface area contributed by atoms with Gasteiger partial charge in [-0.3, -0.25) is 14.8 Å². The van der Waals surface area contributed by atoms with E-state index in [1.165, 1.54) is 0 Å². The number of amides is 2. The lowest BCUT2D eigenvalue weighted by molar-refractivity contribution is -0.245. The van der Waals surface area contributed by atoms with Crippen LogP contribution in [0, 0.1) is 0 Å². The van der Waals surface area contributed by atoms with Crippen molar-refractivity contribution in [3.8, 4) is 11.1 Å². The predicted molar refractivity (Wildman–Crippen MR) is 185 cm³/mol. The van der Waals surface area contributed by atoms with Gasteiger partial charge in [-0.2, -0.15) is 0 Å². The molecule has 0 radical (unpaired) electrons. The molecule has 10 nitrogen and oxygen atoms in total. The number of hydrogen-bond donors (Lipinski definition) is 5. The van der Waals surface area contributed by atoms with Gasteiger partial charge in [0.25, 0.3) is 0 Å². The number of carboxylic acid groups (broad SMARTS) is 1. The van der Waals surface area contributed by atoms with Crippen LogP contribution in [0.15, 0.2) is 102 Å². The first kappa shape index (κ1) is 35.8. The van der Waals surface area contributed by atoms with Gasteiger partial charge in [0.1, 0.15) is 0 Å². The van der Waals surface area contributed by atoms with Gasteiger partial charge >= 0.3 is 5.97 Å². The van der Waals surface area contributed by atoms with Crippen molar-refractivity contribution in [2.45, 2.75) is 68.6 Å². The van der Waals surface area contributed by atoms with Gasteiger partial charge in [-0.1, -0.05) is 60.7 Å². The van der Waals surface area contributed by atoms with Gasteiger partial charge in [0.15, 0.2) is 6.29 Å². The summed E-state index contributed by atoms with van der Waals surface area (Å²) >= 11 is 1.60. The van der Waals surface area contributed by atoms with Crippen LogP contribution < -0.4 is 10.8 Å². The van der Waals surface area contributed by atoms with Crippen molar-refractivity contribution >= 4 is 29.5 Å². The molecule has 1 heterocycles. The first-order chi connectivity index (χ1) is 23.8. The van der Waals surface area contributed by atoms with Crippen molar-refractivity contribution in [2.24, 2.45) is 0 Å². The number of nitrogens with one attached hydrogen (secondary N) is 2. The monoisotopic (exact) mass is 684 g/mol. The molecule has 5 N–H and O–H groups in total. The summed E-state index contributed by atoms with van der Waals surface area (Å²) in [5.74, 6) is -0.881. The number of aliphatic hydroxyl groups is 1. The SMILES string of the molecule is O=C(CCCCC(=O)NCc1cccc(-c2cccc([C@@H]3O[C@H](CSc4ccc(C(=O)O)cc4)C[C@H](c4ccc(CO)cc4)O3)c2)c1)NO. The van der Waals surface area contributed by atoms with Crippen LogP contribution in [-0.4, -0.2) is 45.1 Å². The third kappa shape index (κ3) is 10.5. The Morgan fingerprint density at radius 1 is 0.776 bits per heavy atom. The smallest absolute Gasteiger partial charge is 0.335 e. The van der Waals surface area contributed by atoms with E-state index < -0.39 is 18.2 Å². The van der Waals surface area contributed by atoms with Crippen LogP contribution in [-0.2, 0) is 32.2 Å². The van der Waals surface area contributed by atoms with Gasteiger partial charge in [0.05, 0.1) is 24.4 Å². The largest absolute Gasteiger partial charge is 0.478 e. The highest BCUT2D eigenvalue weighted by molar-refractivity contribution is 7.99. The summed E-state index contributed by atoms with van der Waals surface area (Å²) in [7, 11) is 0. The van der Waals surface area contributed by atoms with Gasteiger partial charge in [-0.05, 0) is 77.1 Å². The molecule has 49 heavy (non-hydrogen) atoms. The molecule has 0 aromatic heterocycles. The number of ether oxygens (including phenoxy) is 2. The maximum absolute atomic E-state index is 12.3. The Balaban J connectivity index is 1.27. The van der Waals surface area contributed by atoms with Crippen LogP contribution >= 0.6 is 11.8 Å². The number of carboxylic acids is 1. The zero-order valence-electron chi connectivity index (χ0n) is 26.9. The highest BCUT2D eigenvalue weighted by Crippen LogP contribution is 2.40. The fourth-order valence-electron chi connectivity index (χ4n) is 5.55. The Kier molecular flexibility index (Phi) is 13.0. The number of thioether (sulfide) groups is 1. The van der Waals surface area contributed by atoms with E-state index in [9.17, 15) is 24.6 Å². The molecule has 1 fully saturated rings. The zero-order chi connectivity index (χ0) is 34.6. The Bertz CT molecular complexity index is 1710. The molecule has 0 spiro atoms. The number of rotatable bonds is 15. The van der Waals surface area contributed by atoms with E-state index in [4.69, 9.17) is 14.7 Å². The molecule has 0 saturated carbocycles. The van der Waals surface area contributed by atoms with Gasteiger partial charge in [0.2, 0.25) is 11.8 Å². The number of aliphatic hydroxyl groups excluding tert-OH is 1. The molecule has 0 aliphatic carbocycles. The lowest BCUT2D eigenvalue weighted by Gasteiger charge is -2.36. The molecule has 0 bridgehead atoms. The van der Waals surface area contributed by atoms with Gasteiger partial charge in [-0.25, -0.2) is 10.3 Å². The fourth-order valence-corrected chi connectivity index (χ4v) is 6.47. The molecule has 3 atom stereocenters. The average Bonchev–Trinajstić information content (AvgIpc) is 3.15. The van der Waals surface area contributed by atoms with Crippen LogP contribution in [0.2, 0.25) is 0 Å². The second-order valence-electron chi connectivity index (χ2n) is 11.8. The number of carbonyl (C=O) groups is 3. The Morgan fingerprint density at radius 3 is 2.16 bits per heavy atom. The van der Waals surface area contributed by atoms with Crippen molar-refractivity contribution in [1.29, 1.82) is 0 Å². The molecule has 4 aromatic carbocycles. The summed E-state index contributed by atoms with van der Waals surface area (Å²) in [6.45, 7) is 0.332. The number of carbonyl (C=O) groups excluding carboxylic acids is 2. The van der Waals surface area contributed by atoms with E-state index in [1.54, 1.807) is 41.5 Å². The molecule has 4 aromatic rings. The van der Waals surface area contributed by atoms with E-state index in [0.717, 1.165) is 38.3 Å². The Labute approximate surface area is 289 Å². The predicted octanol–water partition coefficient (Wildman–Crippen LogP) is 6.56. The summed E-state index contributed by atoms with van der Waals surface area (Å²) in [4.78, 5) is 35.7. The van der Waals surface area contributed by atoms with Crippen LogP contribution in [0.3, 0.4) is 0 Å². The molecule has 256 valence electrons. The van der Waals surface area contributed by atoms with Crippen LogP contribution in [0.5, 0.6) is 0 Å². The number of hydrogen-bond acceptors (Lipinski definition) is 8. The van der Waals surface area contributed by atoms with E-state index in [0.29, 0.717) is 38.0 Å². The number of benzene rings is 4. The third-order valence-corrected chi connectivity index (χ3v) is 9.39. The van der Waals surface area contributed by atoms with Gasteiger partial charge in [0, 0.05) is 42.0 Å². The molecule has 2 amide bonds. The summed E-state index contributed by atoms with van der Waals surface area (Å²) in [5.41, 5.74) is 7.41. The average molecular weight is 685 g/mol. The molecule has 11 heteroatoms. The minimum Gasteiger partial charge on any atom is -0.478 e. The van der Waals surface area contributed by atoms with Crippen molar-refractivity contribution in [3.05, 3.63) is 125 Å². The van der Waals surface area contributed by atoms with E-state index in [2.05, 4.69) is 11.4 Å². The fraction of sp³-hybridized carbons (Fsp3) is 0.289. The molecule has 1 saturated heterocycles. The maximum Gasteiger partial charge on any atom is 0.335 e. The standard InChI is InChI=1S/C38H40N2O8S/c41-23-25-11-13-27(14-12-25)34-21-32(24-49-33-17-15-28(16-18-33)37(44)45)47-38(48-34)31-8-4-7-30(20-31)29-6-3-5-26(19-29)22-39-35(42)9-1-2-10-36(43)40-46/h3-8,11-20,32,34,38,41,46H,1-2,9-10,21-24H2,(H,39,42)(H,40,43)(H,44,45)/t32-,34+,38+/m0/s1. The van der Waals surface area contributed by atoms with E-state index in [1.807, 2.05) is 66.7 Å². The highest BCUT2D eigenvalue weighted by atomic mass is 32.2. The van der Waals surface area contributed by atoms with Crippen LogP contribution in [0.25, 0.3) is 11.1 Å². The molecular weight excluding hydrogens is 644 g/mol. The van der Waals surface area contributed by atoms with Crippen LogP contribution in [0.4, 0.5) is 0 Å². The molecule has 0 unspecified atom stereocenters. The van der Waals surface area contributed by atoms with E-state index in [-0.39, 0.29) is 36.7 Å². The van der Waals surface area contributed by atoms with Crippen LogP contribution in [0.1, 0.15) is 77.1 Å². The number of hydroxylamine groups is 1. The summed E-state index contributed by atoms with van der Waals surface area (Å²) in [6.07, 6.45) is 1.12. The Morgan fingerprint density at radius 2 is 1.47 bits per heavy atom. The van der Waals surface area contributed by atoms with Gasteiger partial charge in [-0.15, -0.1) is 11.8 Å². The third-order valence-electron chi connectivity index (χ3n) is 8.24. The topological polar surface area (TPSA) is 154 Å². The second kappa shape index (κ2) is 17.8. The van der Waals surface area contributed by atoms with Crippen molar-refractivity contribution < 1.29 is 39.3 Å². The lowest BCUT2D eigenvalue weighted by atomic mass is 9.99. The van der Waals surface area contributed by atoms with Crippen molar-refractivity contribution in [3.63, 3.8) is 0 Å². The maximum atomic E-state index is 12.3. The number of unbranched alkanes of at least 4 members (excludes halogenated alkanes) is 1. The minimum atomic E-state index is -0.959. The molecule has 5 rings (SSSR count). The molecular formula is C38H40N2O8S. The minimum absolute atomic E-state index is 0.0365.